The highest BCUT2D eigenvalue weighted by Gasteiger charge is 2.34. The standard InChI is InChI=1S/C16H8F6N2O/c17-15(18,19)8-4-5-11-9(6-8)10(7-23-11)14(25)12-2-1-3-13(24-12)16(20,21)22/h1-7,23H. The molecule has 0 unspecified atom stereocenters. The lowest BCUT2D eigenvalue weighted by Crippen LogP contribution is -2.12. The first-order valence-electron chi connectivity index (χ1n) is 6.84. The number of pyridine rings is 1. The Morgan fingerprint density at radius 1 is 0.960 bits per heavy atom. The molecule has 9 heteroatoms. The Bertz CT molecular complexity index is 955. The fourth-order valence-electron chi connectivity index (χ4n) is 2.34. The summed E-state index contributed by atoms with van der Waals surface area (Å²) in [6.45, 7) is 0. The van der Waals surface area contributed by atoms with E-state index in [1.54, 1.807) is 0 Å². The summed E-state index contributed by atoms with van der Waals surface area (Å²) in [5.74, 6) is -0.906. The Balaban J connectivity index is 2.09. The molecule has 0 radical (unpaired) electrons. The van der Waals surface area contributed by atoms with Crippen LogP contribution in [0.1, 0.15) is 27.3 Å². The van der Waals surface area contributed by atoms with Gasteiger partial charge >= 0.3 is 12.4 Å². The first kappa shape index (κ1) is 17.0. The highest BCUT2D eigenvalue weighted by atomic mass is 19.4. The van der Waals surface area contributed by atoms with E-state index in [1.165, 1.54) is 0 Å². The normalized spacial score (nSPS) is 12.6. The van der Waals surface area contributed by atoms with Crippen molar-refractivity contribution in [1.29, 1.82) is 0 Å². The predicted molar refractivity (Wildman–Crippen MR) is 76.0 cm³/mol. The van der Waals surface area contributed by atoms with Gasteiger partial charge in [-0.3, -0.25) is 4.79 Å². The zero-order chi connectivity index (χ0) is 18.4. The van der Waals surface area contributed by atoms with E-state index in [-0.39, 0.29) is 16.5 Å². The molecule has 0 aliphatic carbocycles. The van der Waals surface area contributed by atoms with Crippen LogP contribution >= 0.6 is 0 Å². The average Bonchev–Trinajstić information content (AvgIpc) is 2.95. The lowest BCUT2D eigenvalue weighted by molar-refractivity contribution is -0.141. The summed E-state index contributed by atoms with van der Waals surface area (Å²) < 4.78 is 76.6. The van der Waals surface area contributed by atoms with Gasteiger partial charge in [0.05, 0.1) is 5.56 Å². The Hall–Kier alpha value is -2.84. The molecule has 0 bridgehead atoms. The number of nitrogens with one attached hydrogen (secondary N) is 1. The molecule has 0 saturated heterocycles. The van der Waals surface area contributed by atoms with Crippen LogP contribution in [0.4, 0.5) is 26.3 Å². The average molecular weight is 358 g/mol. The van der Waals surface area contributed by atoms with Crippen molar-refractivity contribution in [2.75, 3.05) is 0 Å². The van der Waals surface area contributed by atoms with Gasteiger partial charge in [-0.2, -0.15) is 26.3 Å². The third kappa shape index (κ3) is 3.21. The Labute approximate surface area is 136 Å². The molecular weight excluding hydrogens is 350 g/mol. The van der Waals surface area contributed by atoms with Gasteiger partial charge in [-0.05, 0) is 30.3 Å². The number of carbonyl (C=O) groups is 1. The van der Waals surface area contributed by atoms with Crippen LogP contribution in [-0.4, -0.2) is 15.8 Å². The van der Waals surface area contributed by atoms with Crippen molar-refractivity contribution in [2.24, 2.45) is 0 Å². The van der Waals surface area contributed by atoms with Crippen LogP contribution in [-0.2, 0) is 12.4 Å². The molecule has 0 amide bonds. The Morgan fingerprint density at radius 2 is 1.68 bits per heavy atom. The van der Waals surface area contributed by atoms with E-state index in [2.05, 4.69) is 9.97 Å². The van der Waals surface area contributed by atoms with Gasteiger partial charge in [0.2, 0.25) is 5.78 Å². The van der Waals surface area contributed by atoms with Gasteiger partial charge < -0.3 is 4.98 Å². The minimum Gasteiger partial charge on any atom is -0.360 e. The molecule has 0 saturated carbocycles. The molecule has 2 aromatic heterocycles. The zero-order valence-electron chi connectivity index (χ0n) is 12.2. The molecule has 3 nitrogen and oxygen atoms in total. The second-order valence-electron chi connectivity index (χ2n) is 5.20. The third-order valence-electron chi connectivity index (χ3n) is 3.53. The van der Waals surface area contributed by atoms with E-state index < -0.39 is 35.1 Å². The Kier molecular flexibility index (Phi) is 3.81. The molecule has 0 fully saturated rings. The quantitative estimate of drug-likeness (QED) is 0.527. The first-order chi connectivity index (χ1) is 11.6. The number of H-pyrrole nitrogens is 1. The highest BCUT2D eigenvalue weighted by Crippen LogP contribution is 2.33. The van der Waals surface area contributed by atoms with Gasteiger partial charge in [0.15, 0.2) is 0 Å². The molecule has 0 aliphatic heterocycles. The van der Waals surface area contributed by atoms with Gasteiger partial charge in [-0.25, -0.2) is 4.98 Å². The van der Waals surface area contributed by atoms with Crippen LogP contribution in [0.15, 0.2) is 42.6 Å². The first-order valence-corrected chi connectivity index (χ1v) is 6.84. The topological polar surface area (TPSA) is 45.8 Å². The number of benzene rings is 1. The maximum atomic E-state index is 12.8. The van der Waals surface area contributed by atoms with Crippen LogP contribution in [0.5, 0.6) is 0 Å². The SMILES string of the molecule is O=C(c1cccc(C(F)(F)F)n1)c1c[nH]c2ccc(C(F)(F)F)cc12. The molecule has 3 rings (SSSR count). The van der Waals surface area contributed by atoms with Crippen LogP contribution in [0.2, 0.25) is 0 Å². The van der Waals surface area contributed by atoms with Gasteiger partial charge in [0.25, 0.3) is 0 Å². The third-order valence-corrected chi connectivity index (χ3v) is 3.53. The van der Waals surface area contributed by atoms with Gasteiger partial charge in [0.1, 0.15) is 11.4 Å². The lowest BCUT2D eigenvalue weighted by Gasteiger charge is -2.08. The summed E-state index contributed by atoms with van der Waals surface area (Å²) in [6.07, 6.45) is -8.20. The molecule has 0 aliphatic rings. The number of halogens is 6. The van der Waals surface area contributed by atoms with Gasteiger partial charge in [0, 0.05) is 22.7 Å². The summed E-state index contributed by atoms with van der Waals surface area (Å²) in [6, 6.07) is 5.55. The van der Waals surface area contributed by atoms with Crippen molar-refractivity contribution in [3.8, 4) is 0 Å². The van der Waals surface area contributed by atoms with E-state index in [9.17, 15) is 31.1 Å². The smallest absolute Gasteiger partial charge is 0.360 e. The van der Waals surface area contributed by atoms with Crippen LogP contribution in [0.25, 0.3) is 10.9 Å². The molecule has 25 heavy (non-hydrogen) atoms. The predicted octanol–water partition coefficient (Wildman–Crippen LogP) is 4.83. The molecule has 2 heterocycles. The van der Waals surface area contributed by atoms with E-state index in [4.69, 9.17) is 0 Å². The number of nitrogens with zero attached hydrogens (tertiary/aromatic N) is 1. The van der Waals surface area contributed by atoms with Crippen molar-refractivity contribution in [1.82, 2.24) is 9.97 Å². The van der Waals surface area contributed by atoms with Crippen LogP contribution in [0.3, 0.4) is 0 Å². The van der Waals surface area contributed by atoms with Crippen molar-refractivity contribution in [3.05, 3.63) is 65.1 Å². The fourth-order valence-corrected chi connectivity index (χ4v) is 2.34. The van der Waals surface area contributed by atoms with E-state index in [1.807, 2.05) is 0 Å². The highest BCUT2D eigenvalue weighted by molar-refractivity contribution is 6.15. The van der Waals surface area contributed by atoms with Crippen LogP contribution in [0, 0.1) is 0 Å². The summed E-state index contributed by atoms with van der Waals surface area (Å²) in [4.78, 5) is 18.3. The van der Waals surface area contributed by atoms with E-state index >= 15 is 0 Å². The fraction of sp³-hybridized carbons (Fsp3) is 0.125. The number of carbonyl (C=O) groups excluding carboxylic acids is 1. The van der Waals surface area contributed by atoms with Gasteiger partial charge in [-0.15, -0.1) is 0 Å². The van der Waals surface area contributed by atoms with Crippen molar-refractivity contribution < 1.29 is 31.1 Å². The molecule has 1 N–H and O–H groups in total. The zero-order valence-corrected chi connectivity index (χ0v) is 12.2. The summed E-state index contributed by atoms with van der Waals surface area (Å²) >= 11 is 0. The van der Waals surface area contributed by atoms with Crippen molar-refractivity contribution in [3.63, 3.8) is 0 Å². The van der Waals surface area contributed by atoms with Crippen molar-refractivity contribution in [2.45, 2.75) is 12.4 Å². The molecule has 130 valence electrons. The molecular formula is C16H8F6N2O. The number of ketones is 1. The van der Waals surface area contributed by atoms with E-state index in [0.717, 1.165) is 36.5 Å². The number of fused-ring (bicyclic) bond motifs is 1. The molecule has 3 aromatic rings. The number of rotatable bonds is 2. The number of aromatic nitrogens is 2. The number of alkyl halides is 6. The second kappa shape index (κ2) is 5.61. The summed E-state index contributed by atoms with van der Waals surface area (Å²) in [7, 11) is 0. The second-order valence-corrected chi connectivity index (χ2v) is 5.20. The van der Waals surface area contributed by atoms with Crippen molar-refractivity contribution >= 4 is 16.7 Å². The maximum Gasteiger partial charge on any atom is 0.433 e. The van der Waals surface area contributed by atoms with Crippen LogP contribution < -0.4 is 0 Å². The van der Waals surface area contributed by atoms with E-state index in [0.29, 0.717) is 6.07 Å². The van der Waals surface area contributed by atoms with Gasteiger partial charge in [-0.1, -0.05) is 6.07 Å². The minimum atomic E-state index is -4.74. The molecule has 0 spiro atoms. The number of hydrogen-bond acceptors (Lipinski definition) is 2. The number of aromatic amines is 1. The summed E-state index contributed by atoms with van der Waals surface area (Å²) in [5.41, 5.74) is -2.66. The lowest BCUT2D eigenvalue weighted by atomic mass is 10.0. The minimum absolute atomic E-state index is 0.0426. The maximum absolute atomic E-state index is 12.8. The monoisotopic (exact) mass is 358 g/mol. The molecule has 1 aromatic carbocycles. The number of hydrogen-bond donors (Lipinski definition) is 1. The molecule has 0 atom stereocenters. The Morgan fingerprint density at radius 3 is 2.32 bits per heavy atom. The largest absolute Gasteiger partial charge is 0.433 e. The summed E-state index contributed by atoms with van der Waals surface area (Å²) in [5, 5.41) is -0.0426.